The molecule has 0 unspecified atom stereocenters. The molecule has 2 aromatic rings. The molecule has 0 aliphatic carbocycles. The van der Waals surface area contributed by atoms with Crippen LogP contribution >= 0.6 is 0 Å². The minimum absolute atomic E-state index is 0.245. The topological polar surface area (TPSA) is 66.4 Å². The fourth-order valence-corrected chi connectivity index (χ4v) is 5.50. The van der Waals surface area contributed by atoms with Crippen molar-refractivity contribution in [2.75, 3.05) is 36.8 Å². The molecule has 0 atom stereocenters. The lowest BCUT2D eigenvalue weighted by molar-refractivity contribution is 0.432. The average Bonchev–Trinajstić information content (AvgIpc) is 2.96. The van der Waals surface area contributed by atoms with Crippen LogP contribution in [0.1, 0.15) is 48.8 Å². The van der Waals surface area contributed by atoms with Crippen LogP contribution in [0.25, 0.3) is 0 Å². The first-order valence-corrected chi connectivity index (χ1v) is 12.1. The Labute approximate surface area is 175 Å². The van der Waals surface area contributed by atoms with Crippen molar-refractivity contribution in [2.24, 2.45) is 0 Å². The molecule has 6 nitrogen and oxygen atoms in total. The molecule has 1 aromatic carbocycles. The van der Waals surface area contributed by atoms with Gasteiger partial charge in [0.1, 0.15) is 11.6 Å². The molecule has 3 rings (SSSR count). The van der Waals surface area contributed by atoms with Gasteiger partial charge >= 0.3 is 0 Å². The molecular formula is C22H32N4O2S. The van der Waals surface area contributed by atoms with Gasteiger partial charge in [-0.05, 0) is 32.3 Å². The summed E-state index contributed by atoms with van der Waals surface area (Å²) < 4.78 is 26.9. The Hall–Kier alpha value is -1.99. The van der Waals surface area contributed by atoms with E-state index >= 15 is 0 Å². The zero-order chi connectivity index (χ0) is 20.9. The van der Waals surface area contributed by atoms with E-state index in [9.17, 15) is 8.42 Å². The van der Waals surface area contributed by atoms with Gasteiger partial charge in [-0.2, -0.15) is 0 Å². The van der Waals surface area contributed by atoms with E-state index in [0.29, 0.717) is 26.1 Å². The van der Waals surface area contributed by atoms with Gasteiger partial charge in [0.25, 0.3) is 0 Å². The summed E-state index contributed by atoms with van der Waals surface area (Å²) in [5.41, 5.74) is 3.35. The van der Waals surface area contributed by atoms with Crippen molar-refractivity contribution >= 4 is 15.8 Å². The number of rotatable bonds is 7. The Morgan fingerprint density at radius 1 is 1.00 bits per heavy atom. The predicted octanol–water partition coefficient (Wildman–Crippen LogP) is 3.33. The van der Waals surface area contributed by atoms with Crippen LogP contribution in [0.15, 0.2) is 30.3 Å². The van der Waals surface area contributed by atoms with Gasteiger partial charge in [-0.25, -0.2) is 22.7 Å². The average molecular weight is 417 g/mol. The lowest BCUT2D eigenvalue weighted by Gasteiger charge is -2.26. The number of aromatic nitrogens is 2. The fourth-order valence-electron chi connectivity index (χ4n) is 3.83. The van der Waals surface area contributed by atoms with E-state index in [1.165, 1.54) is 5.56 Å². The Morgan fingerprint density at radius 2 is 1.76 bits per heavy atom. The normalized spacial score (nSPS) is 16.0. The van der Waals surface area contributed by atoms with Crippen LogP contribution in [-0.4, -0.2) is 54.6 Å². The van der Waals surface area contributed by atoms with Crippen molar-refractivity contribution in [3.8, 4) is 0 Å². The van der Waals surface area contributed by atoms with Crippen molar-refractivity contribution in [1.82, 2.24) is 14.3 Å². The Kier molecular flexibility index (Phi) is 7.24. The molecule has 1 aliphatic heterocycles. The maximum Gasteiger partial charge on any atom is 0.214 e. The van der Waals surface area contributed by atoms with Gasteiger partial charge < -0.3 is 4.90 Å². The summed E-state index contributed by atoms with van der Waals surface area (Å²) in [6.07, 6.45) is 3.19. The standard InChI is InChI=1S/C22H32N4O2S/c1-4-5-16-29(27,28)26-13-9-12-25(14-15-26)22-21(18(2)23-19(3)24-22)17-20-10-7-6-8-11-20/h6-8,10-11H,4-5,9,12-17H2,1-3H3. The van der Waals surface area contributed by atoms with Crippen molar-refractivity contribution < 1.29 is 8.42 Å². The van der Waals surface area contributed by atoms with E-state index in [4.69, 9.17) is 4.98 Å². The van der Waals surface area contributed by atoms with Crippen LogP contribution in [-0.2, 0) is 16.4 Å². The highest BCUT2D eigenvalue weighted by Gasteiger charge is 2.26. The summed E-state index contributed by atoms with van der Waals surface area (Å²) in [5, 5.41) is 0. The first kappa shape index (κ1) is 21.7. The van der Waals surface area contributed by atoms with Gasteiger partial charge in [0, 0.05) is 43.9 Å². The fraction of sp³-hybridized carbons (Fsp3) is 0.545. The monoisotopic (exact) mass is 416 g/mol. The Balaban J connectivity index is 1.83. The highest BCUT2D eigenvalue weighted by molar-refractivity contribution is 7.89. The van der Waals surface area contributed by atoms with Gasteiger partial charge in [0.2, 0.25) is 10.0 Å². The summed E-state index contributed by atoms with van der Waals surface area (Å²) in [6.45, 7) is 8.53. The van der Waals surface area contributed by atoms with Crippen LogP contribution < -0.4 is 4.90 Å². The number of benzene rings is 1. The highest BCUT2D eigenvalue weighted by atomic mass is 32.2. The van der Waals surface area contributed by atoms with E-state index in [1.54, 1.807) is 4.31 Å². The molecule has 1 saturated heterocycles. The molecule has 0 radical (unpaired) electrons. The first-order chi connectivity index (χ1) is 13.9. The largest absolute Gasteiger partial charge is 0.355 e. The minimum Gasteiger partial charge on any atom is -0.355 e. The highest BCUT2D eigenvalue weighted by Crippen LogP contribution is 2.25. The predicted molar refractivity (Wildman–Crippen MR) is 118 cm³/mol. The number of unbranched alkanes of at least 4 members (excludes halogenated alkanes) is 1. The molecule has 0 saturated carbocycles. The van der Waals surface area contributed by atoms with Crippen LogP contribution in [0.3, 0.4) is 0 Å². The number of hydrogen-bond acceptors (Lipinski definition) is 5. The lowest BCUT2D eigenvalue weighted by Crippen LogP contribution is -2.37. The lowest BCUT2D eigenvalue weighted by atomic mass is 10.0. The molecule has 0 spiro atoms. The molecule has 1 aromatic heterocycles. The molecule has 1 fully saturated rings. The third-order valence-electron chi connectivity index (χ3n) is 5.43. The Bertz CT molecular complexity index is 916. The third-order valence-corrected chi connectivity index (χ3v) is 7.39. The number of aryl methyl sites for hydroxylation is 2. The molecule has 0 N–H and O–H groups in total. The second-order valence-corrected chi connectivity index (χ2v) is 9.82. The van der Waals surface area contributed by atoms with E-state index < -0.39 is 10.0 Å². The van der Waals surface area contributed by atoms with Gasteiger partial charge in [0.05, 0.1) is 5.75 Å². The summed E-state index contributed by atoms with van der Waals surface area (Å²) >= 11 is 0. The van der Waals surface area contributed by atoms with Crippen molar-refractivity contribution in [2.45, 2.75) is 46.5 Å². The Morgan fingerprint density at radius 3 is 2.48 bits per heavy atom. The van der Waals surface area contributed by atoms with Gasteiger partial charge in [-0.1, -0.05) is 43.7 Å². The summed E-state index contributed by atoms with van der Waals surface area (Å²) in [7, 11) is -3.18. The van der Waals surface area contributed by atoms with Gasteiger partial charge in [-0.15, -0.1) is 0 Å². The molecule has 0 bridgehead atoms. The molecule has 7 heteroatoms. The minimum atomic E-state index is -3.18. The SMILES string of the molecule is CCCCS(=O)(=O)N1CCCN(c2nc(C)nc(C)c2Cc2ccccc2)CC1. The molecule has 0 amide bonds. The number of sulfonamides is 1. The molecular weight excluding hydrogens is 384 g/mol. The maximum atomic E-state index is 12.6. The van der Waals surface area contributed by atoms with Crippen LogP contribution in [0, 0.1) is 13.8 Å². The van der Waals surface area contributed by atoms with Crippen LogP contribution in [0.2, 0.25) is 0 Å². The molecule has 158 valence electrons. The molecule has 2 heterocycles. The molecule has 29 heavy (non-hydrogen) atoms. The van der Waals surface area contributed by atoms with Gasteiger partial charge in [-0.3, -0.25) is 0 Å². The third kappa shape index (κ3) is 5.54. The zero-order valence-electron chi connectivity index (χ0n) is 17.8. The molecule has 1 aliphatic rings. The first-order valence-electron chi connectivity index (χ1n) is 10.5. The van der Waals surface area contributed by atoms with E-state index in [1.807, 2.05) is 39.0 Å². The van der Waals surface area contributed by atoms with Gasteiger partial charge in [0.15, 0.2) is 0 Å². The zero-order valence-corrected chi connectivity index (χ0v) is 18.6. The van der Waals surface area contributed by atoms with Crippen LogP contribution in [0.4, 0.5) is 5.82 Å². The number of nitrogens with zero attached hydrogens (tertiary/aromatic N) is 4. The van der Waals surface area contributed by atoms with E-state index in [0.717, 1.165) is 48.7 Å². The maximum absolute atomic E-state index is 12.6. The van der Waals surface area contributed by atoms with Crippen molar-refractivity contribution in [3.05, 3.63) is 53.0 Å². The number of hydrogen-bond donors (Lipinski definition) is 0. The quantitative estimate of drug-likeness (QED) is 0.693. The summed E-state index contributed by atoms with van der Waals surface area (Å²) in [4.78, 5) is 11.6. The smallest absolute Gasteiger partial charge is 0.214 e. The number of anilines is 1. The second kappa shape index (κ2) is 9.67. The van der Waals surface area contributed by atoms with Crippen LogP contribution in [0.5, 0.6) is 0 Å². The van der Waals surface area contributed by atoms with E-state index in [2.05, 4.69) is 22.0 Å². The van der Waals surface area contributed by atoms with Crippen molar-refractivity contribution in [1.29, 1.82) is 0 Å². The summed E-state index contributed by atoms with van der Waals surface area (Å²) in [6, 6.07) is 10.3. The van der Waals surface area contributed by atoms with Crippen molar-refractivity contribution in [3.63, 3.8) is 0 Å². The second-order valence-electron chi connectivity index (χ2n) is 7.73. The summed E-state index contributed by atoms with van der Waals surface area (Å²) in [5.74, 6) is 1.95. The van der Waals surface area contributed by atoms with E-state index in [-0.39, 0.29) is 5.75 Å².